The topological polar surface area (TPSA) is 35.5 Å². The molecule has 3 nitrogen and oxygen atoms in total. The lowest BCUT2D eigenvalue weighted by molar-refractivity contribution is -0.427. The molecule has 0 saturated heterocycles. The summed E-state index contributed by atoms with van der Waals surface area (Å²) in [6.45, 7) is 0.826. The molecular weight excluding hydrogens is 215 g/mol. The number of hydrogen-bond acceptors (Lipinski definition) is 3. The molecule has 0 heterocycles. The molecule has 0 radical (unpaired) electrons. The molecule has 0 N–H and O–H groups in total. The predicted molar refractivity (Wildman–Crippen MR) is 33.2 cm³/mol. The fourth-order valence-electron chi connectivity index (χ4n) is 0.361. The molecule has 14 heavy (non-hydrogen) atoms. The van der Waals surface area contributed by atoms with E-state index in [-0.39, 0.29) is 0 Å². The van der Waals surface area contributed by atoms with Crippen LogP contribution < -0.4 is 0 Å². The average Bonchev–Trinajstić information content (AvgIpc) is 2.13. The van der Waals surface area contributed by atoms with Gasteiger partial charge in [0.2, 0.25) is 0 Å². The number of rotatable bonds is 5. The van der Waals surface area contributed by atoms with Gasteiger partial charge in [-0.15, -0.1) is 4.94 Å². The molecule has 0 aliphatic carbocycles. The zero-order valence-electron chi connectivity index (χ0n) is 6.61. The third-order valence-corrected chi connectivity index (χ3v) is 1.09. The number of carbonyl (C=O) groups is 1. The molecule has 0 aromatic rings. The van der Waals surface area contributed by atoms with Crippen LogP contribution in [-0.2, 0) is 14.5 Å². The summed E-state index contributed by atoms with van der Waals surface area (Å²) in [7, 11) is 0. The Morgan fingerprint density at radius 2 is 1.86 bits per heavy atom. The third kappa shape index (κ3) is 2.95. The smallest absolute Gasteiger partial charge is 0.452 e. The second-order valence-corrected chi connectivity index (χ2v) is 2.11. The van der Waals surface area contributed by atoms with Gasteiger partial charge in [0, 0.05) is 6.08 Å². The van der Waals surface area contributed by atoms with Gasteiger partial charge in [-0.05, 0) is 4.53 Å². The lowest BCUT2D eigenvalue weighted by Gasteiger charge is -2.21. The zero-order chi connectivity index (χ0) is 11.4. The van der Waals surface area contributed by atoms with Crippen LogP contribution in [0.4, 0.5) is 22.1 Å². The van der Waals surface area contributed by atoms with Crippen molar-refractivity contribution in [3.8, 4) is 0 Å². The molecule has 8 heteroatoms. The van der Waals surface area contributed by atoms with Gasteiger partial charge in [0.1, 0.15) is 0 Å². The lowest BCUT2D eigenvalue weighted by atomic mass is 10.3. The second-order valence-electron chi connectivity index (χ2n) is 2.11. The fraction of sp³-hybridized carbons (Fsp3) is 0.500. The molecule has 0 unspecified atom stereocenters. The molecule has 0 atom stereocenters. The van der Waals surface area contributed by atoms with E-state index >= 15 is 0 Å². The Bertz CT molecular complexity index is 228. The van der Waals surface area contributed by atoms with Crippen molar-refractivity contribution in [1.82, 2.24) is 0 Å². The van der Waals surface area contributed by atoms with Crippen molar-refractivity contribution >= 4 is 5.97 Å². The van der Waals surface area contributed by atoms with Crippen molar-refractivity contribution in [3.63, 3.8) is 0 Å². The summed E-state index contributed by atoms with van der Waals surface area (Å²) in [6, 6.07) is 0. The van der Waals surface area contributed by atoms with E-state index in [9.17, 15) is 26.9 Å². The van der Waals surface area contributed by atoms with Crippen molar-refractivity contribution in [2.24, 2.45) is 0 Å². The van der Waals surface area contributed by atoms with Crippen LogP contribution in [0, 0.1) is 0 Å². The summed E-state index contributed by atoms with van der Waals surface area (Å²) in [6.07, 6.45) is -4.85. The molecular formula is C6H5F5O3. The highest BCUT2D eigenvalue weighted by Gasteiger charge is 2.60. The molecule has 0 spiro atoms. The van der Waals surface area contributed by atoms with E-state index in [0.717, 1.165) is 0 Å². The van der Waals surface area contributed by atoms with Gasteiger partial charge in [-0.3, -0.25) is 0 Å². The van der Waals surface area contributed by atoms with Gasteiger partial charge in [0.15, 0.2) is 6.61 Å². The first-order valence-corrected chi connectivity index (χ1v) is 3.11. The van der Waals surface area contributed by atoms with Crippen LogP contribution >= 0.6 is 0 Å². The van der Waals surface area contributed by atoms with Gasteiger partial charge < -0.3 is 4.74 Å². The van der Waals surface area contributed by atoms with Crippen molar-refractivity contribution < 1.29 is 36.6 Å². The highest BCUT2D eigenvalue weighted by molar-refractivity contribution is 5.81. The minimum atomic E-state index is -5.34. The molecule has 82 valence electrons. The Hall–Kier alpha value is -1.18. The van der Waals surface area contributed by atoms with E-state index < -0.39 is 24.6 Å². The Morgan fingerprint density at radius 3 is 2.21 bits per heavy atom. The van der Waals surface area contributed by atoms with Crippen LogP contribution in [0.2, 0.25) is 0 Å². The molecule has 0 saturated carbocycles. The maximum absolute atomic E-state index is 12.3. The number of carbonyl (C=O) groups excluding carboxylic acids is 1. The van der Waals surface area contributed by atoms with E-state index in [1.807, 2.05) is 0 Å². The van der Waals surface area contributed by atoms with Gasteiger partial charge >= 0.3 is 18.0 Å². The number of hydrogen-bond donors (Lipinski definition) is 0. The van der Waals surface area contributed by atoms with Gasteiger partial charge in [0.25, 0.3) is 0 Å². The largest absolute Gasteiger partial charge is 0.456 e. The summed E-state index contributed by atoms with van der Waals surface area (Å²) in [5.41, 5.74) is 0. The van der Waals surface area contributed by atoms with Crippen molar-refractivity contribution in [1.29, 1.82) is 0 Å². The lowest BCUT2D eigenvalue weighted by Crippen LogP contribution is -2.45. The highest BCUT2D eigenvalue weighted by atomic mass is 19.4. The van der Waals surface area contributed by atoms with E-state index in [1.165, 1.54) is 0 Å². The molecule has 0 aliphatic heterocycles. The van der Waals surface area contributed by atoms with Crippen LogP contribution in [0.1, 0.15) is 0 Å². The molecule has 0 aliphatic rings. The van der Waals surface area contributed by atoms with E-state index in [4.69, 9.17) is 0 Å². The van der Waals surface area contributed by atoms with E-state index in [2.05, 4.69) is 11.3 Å². The maximum atomic E-state index is 12.3. The van der Waals surface area contributed by atoms with Gasteiger partial charge in [-0.1, -0.05) is 6.58 Å². The summed E-state index contributed by atoms with van der Waals surface area (Å²) in [5.74, 6) is -6.28. The Labute approximate surface area is 75.0 Å². The standard InChI is InChI=1S/C6H5F5O3/c1-2-4(12)13-3-5(7,8)6(9,10)14-11/h2H,1,3H2. The van der Waals surface area contributed by atoms with Crippen molar-refractivity contribution in [2.45, 2.75) is 12.0 Å². The summed E-state index contributed by atoms with van der Waals surface area (Å²) >= 11 is 0. The summed E-state index contributed by atoms with van der Waals surface area (Å²) in [5, 5.41) is 0. The number of halogens is 5. The predicted octanol–water partition coefficient (Wildman–Crippen LogP) is 1.84. The number of esters is 1. The van der Waals surface area contributed by atoms with Gasteiger partial charge in [-0.25, -0.2) is 4.79 Å². The quantitative estimate of drug-likeness (QED) is 0.403. The normalized spacial score (nSPS) is 12.4. The number of ether oxygens (including phenoxy) is 1. The first kappa shape index (κ1) is 12.8. The molecule has 0 aromatic heterocycles. The van der Waals surface area contributed by atoms with Gasteiger partial charge in [0.05, 0.1) is 0 Å². The minimum absolute atomic E-state index is 0.491. The minimum Gasteiger partial charge on any atom is -0.456 e. The van der Waals surface area contributed by atoms with E-state index in [0.29, 0.717) is 6.08 Å². The Kier molecular flexibility index (Phi) is 3.99. The van der Waals surface area contributed by atoms with Crippen LogP contribution in [-0.4, -0.2) is 24.6 Å². The first-order valence-electron chi connectivity index (χ1n) is 3.11. The monoisotopic (exact) mass is 220 g/mol. The first-order chi connectivity index (χ1) is 6.27. The molecule has 0 aromatic carbocycles. The zero-order valence-corrected chi connectivity index (χ0v) is 6.61. The Morgan fingerprint density at radius 1 is 1.36 bits per heavy atom. The average molecular weight is 220 g/mol. The molecule has 0 bridgehead atoms. The van der Waals surface area contributed by atoms with Crippen LogP contribution in [0.15, 0.2) is 12.7 Å². The van der Waals surface area contributed by atoms with Gasteiger partial charge in [-0.2, -0.15) is 17.6 Å². The highest BCUT2D eigenvalue weighted by Crippen LogP contribution is 2.35. The third-order valence-electron chi connectivity index (χ3n) is 1.09. The molecule has 0 amide bonds. The SMILES string of the molecule is C=CC(=O)OCC(F)(F)C(F)(F)OF. The van der Waals surface area contributed by atoms with E-state index in [1.54, 1.807) is 4.94 Å². The van der Waals surface area contributed by atoms with Crippen LogP contribution in [0.25, 0.3) is 0 Å². The fourth-order valence-corrected chi connectivity index (χ4v) is 0.361. The summed E-state index contributed by atoms with van der Waals surface area (Å²) in [4.78, 5) is 12.0. The van der Waals surface area contributed by atoms with Crippen LogP contribution in [0.5, 0.6) is 0 Å². The van der Waals surface area contributed by atoms with Crippen LogP contribution in [0.3, 0.4) is 0 Å². The van der Waals surface area contributed by atoms with Crippen molar-refractivity contribution in [2.75, 3.05) is 6.61 Å². The second kappa shape index (κ2) is 4.36. The molecule has 0 rings (SSSR count). The number of alkyl halides is 4. The summed E-state index contributed by atoms with van der Waals surface area (Å²) < 4.78 is 63.0. The molecule has 0 fully saturated rings. The maximum Gasteiger partial charge on any atom is 0.452 e. The van der Waals surface area contributed by atoms with Crippen molar-refractivity contribution in [3.05, 3.63) is 12.7 Å². The Balaban J connectivity index is 4.34.